The molecule has 0 atom stereocenters. The second-order valence-electron chi connectivity index (χ2n) is 5.93. The van der Waals surface area contributed by atoms with Gasteiger partial charge in [-0.3, -0.25) is 4.79 Å². The predicted molar refractivity (Wildman–Crippen MR) is 68.2 cm³/mol. The Morgan fingerprint density at radius 1 is 1.25 bits per heavy atom. The van der Waals surface area contributed by atoms with Gasteiger partial charge in [-0.1, -0.05) is 27.2 Å². The van der Waals surface area contributed by atoms with Crippen molar-refractivity contribution in [2.24, 2.45) is 5.41 Å². The lowest BCUT2D eigenvalue weighted by Crippen LogP contribution is -2.19. The van der Waals surface area contributed by atoms with Crippen LogP contribution in [0.5, 0.6) is 0 Å². The summed E-state index contributed by atoms with van der Waals surface area (Å²) in [6.07, 6.45) is 8.31. The van der Waals surface area contributed by atoms with Gasteiger partial charge in [0.15, 0.2) is 5.78 Å². The molecule has 0 aliphatic heterocycles. The number of carbonyl (C=O) groups is 1. The topological polar surface area (TPSA) is 29.1 Å². The largest absolute Gasteiger partial charge is 0.388 e. The molecule has 2 heteroatoms. The summed E-state index contributed by atoms with van der Waals surface area (Å²) in [6, 6.07) is 0. The number of ketones is 1. The molecular weight excluding hydrogens is 198 g/mol. The van der Waals surface area contributed by atoms with Crippen molar-refractivity contribution in [1.82, 2.24) is 5.32 Å². The molecule has 0 bridgehead atoms. The minimum Gasteiger partial charge on any atom is -0.388 e. The van der Waals surface area contributed by atoms with Crippen molar-refractivity contribution in [3.63, 3.8) is 0 Å². The fourth-order valence-electron chi connectivity index (χ4n) is 1.96. The third-order valence-electron chi connectivity index (χ3n) is 2.91. The zero-order valence-electron chi connectivity index (χ0n) is 10.9. The average Bonchev–Trinajstić information content (AvgIpc) is 2.15. The van der Waals surface area contributed by atoms with Crippen LogP contribution in [0.4, 0.5) is 0 Å². The third-order valence-corrected chi connectivity index (χ3v) is 2.91. The van der Waals surface area contributed by atoms with Crippen molar-refractivity contribution in [2.45, 2.75) is 59.3 Å². The first-order chi connectivity index (χ1) is 7.47. The van der Waals surface area contributed by atoms with Gasteiger partial charge in [0.1, 0.15) is 0 Å². The van der Waals surface area contributed by atoms with Crippen molar-refractivity contribution in [1.29, 1.82) is 0 Å². The standard InChI is InChI=1S/C14H25NO/c1-14(2,3)9-4-5-10-15-12-7-6-8-13(16)11-12/h11,15H,4-10H2,1-3H3. The summed E-state index contributed by atoms with van der Waals surface area (Å²) in [7, 11) is 0. The van der Waals surface area contributed by atoms with Crippen LogP contribution >= 0.6 is 0 Å². The highest BCUT2D eigenvalue weighted by molar-refractivity contribution is 5.90. The van der Waals surface area contributed by atoms with E-state index in [1.807, 2.05) is 0 Å². The zero-order chi connectivity index (χ0) is 12.0. The van der Waals surface area contributed by atoms with Gasteiger partial charge in [0.25, 0.3) is 0 Å². The van der Waals surface area contributed by atoms with Gasteiger partial charge in [-0.05, 0) is 31.1 Å². The molecule has 0 fully saturated rings. The molecule has 0 radical (unpaired) electrons. The van der Waals surface area contributed by atoms with Crippen molar-refractivity contribution in [3.8, 4) is 0 Å². The third kappa shape index (κ3) is 5.94. The van der Waals surface area contributed by atoms with Gasteiger partial charge < -0.3 is 5.32 Å². The molecule has 1 aliphatic carbocycles. The summed E-state index contributed by atoms with van der Waals surface area (Å²) in [4.78, 5) is 11.2. The molecular formula is C14H25NO. The summed E-state index contributed by atoms with van der Waals surface area (Å²) < 4.78 is 0. The summed E-state index contributed by atoms with van der Waals surface area (Å²) >= 11 is 0. The van der Waals surface area contributed by atoms with Crippen LogP contribution in [0, 0.1) is 5.41 Å². The van der Waals surface area contributed by atoms with Gasteiger partial charge in [0, 0.05) is 24.7 Å². The maximum Gasteiger partial charge on any atom is 0.157 e. The Morgan fingerprint density at radius 2 is 2.00 bits per heavy atom. The highest BCUT2D eigenvalue weighted by atomic mass is 16.1. The molecule has 0 unspecified atom stereocenters. The van der Waals surface area contributed by atoms with Crippen LogP contribution in [0.15, 0.2) is 11.8 Å². The van der Waals surface area contributed by atoms with Gasteiger partial charge in [-0.25, -0.2) is 0 Å². The molecule has 0 amide bonds. The van der Waals surface area contributed by atoms with E-state index >= 15 is 0 Å². The van der Waals surface area contributed by atoms with Crippen LogP contribution in [-0.4, -0.2) is 12.3 Å². The van der Waals surface area contributed by atoms with Crippen molar-refractivity contribution >= 4 is 5.78 Å². The maximum atomic E-state index is 11.2. The van der Waals surface area contributed by atoms with E-state index in [1.54, 1.807) is 6.08 Å². The van der Waals surface area contributed by atoms with E-state index in [9.17, 15) is 4.79 Å². The van der Waals surface area contributed by atoms with Crippen LogP contribution < -0.4 is 5.32 Å². The zero-order valence-corrected chi connectivity index (χ0v) is 10.9. The Bertz CT molecular complexity index is 260. The summed E-state index contributed by atoms with van der Waals surface area (Å²) in [5, 5.41) is 3.38. The van der Waals surface area contributed by atoms with E-state index in [4.69, 9.17) is 0 Å². The van der Waals surface area contributed by atoms with Crippen molar-refractivity contribution < 1.29 is 4.79 Å². The molecule has 2 nitrogen and oxygen atoms in total. The smallest absolute Gasteiger partial charge is 0.157 e. The van der Waals surface area contributed by atoms with Crippen LogP contribution in [-0.2, 0) is 4.79 Å². The Labute approximate surface area is 99.5 Å². The van der Waals surface area contributed by atoms with Crippen LogP contribution in [0.1, 0.15) is 59.3 Å². The minimum atomic E-state index is 0.281. The van der Waals surface area contributed by atoms with E-state index < -0.39 is 0 Å². The summed E-state index contributed by atoms with van der Waals surface area (Å²) in [6.45, 7) is 7.85. The molecule has 92 valence electrons. The molecule has 0 saturated heterocycles. The Balaban J connectivity index is 2.09. The molecule has 0 spiro atoms. The molecule has 1 rings (SSSR count). The van der Waals surface area contributed by atoms with Gasteiger partial charge in [-0.15, -0.1) is 0 Å². The first kappa shape index (κ1) is 13.3. The fourth-order valence-corrected chi connectivity index (χ4v) is 1.96. The Kier molecular flexibility index (Phi) is 5.04. The molecule has 0 aromatic heterocycles. The van der Waals surface area contributed by atoms with Gasteiger partial charge in [0.05, 0.1) is 0 Å². The molecule has 0 aromatic rings. The van der Waals surface area contributed by atoms with Crippen LogP contribution in [0.2, 0.25) is 0 Å². The number of hydrogen-bond acceptors (Lipinski definition) is 2. The van der Waals surface area contributed by atoms with Crippen LogP contribution in [0.25, 0.3) is 0 Å². The first-order valence-corrected chi connectivity index (χ1v) is 6.45. The highest BCUT2D eigenvalue weighted by Gasteiger charge is 2.10. The molecule has 16 heavy (non-hydrogen) atoms. The van der Waals surface area contributed by atoms with E-state index in [0.717, 1.165) is 31.5 Å². The lowest BCUT2D eigenvalue weighted by Gasteiger charge is -2.18. The number of hydrogen-bond donors (Lipinski definition) is 1. The van der Waals surface area contributed by atoms with E-state index in [1.165, 1.54) is 19.3 Å². The fraction of sp³-hybridized carbons (Fsp3) is 0.786. The van der Waals surface area contributed by atoms with Crippen LogP contribution in [0.3, 0.4) is 0 Å². The quantitative estimate of drug-likeness (QED) is 0.723. The number of carbonyl (C=O) groups excluding carboxylic acids is 1. The van der Waals surface area contributed by atoms with Gasteiger partial charge >= 0.3 is 0 Å². The Hall–Kier alpha value is -0.790. The highest BCUT2D eigenvalue weighted by Crippen LogP contribution is 2.21. The lowest BCUT2D eigenvalue weighted by molar-refractivity contribution is -0.115. The number of unbranched alkanes of at least 4 members (excludes halogenated alkanes) is 1. The monoisotopic (exact) mass is 223 g/mol. The number of allylic oxidation sites excluding steroid dienone is 2. The van der Waals surface area contributed by atoms with E-state index in [0.29, 0.717) is 5.41 Å². The number of rotatable bonds is 5. The van der Waals surface area contributed by atoms with Crippen molar-refractivity contribution in [3.05, 3.63) is 11.8 Å². The van der Waals surface area contributed by atoms with Crippen molar-refractivity contribution in [2.75, 3.05) is 6.54 Å². The predicted octanol–water partition coefficient (Wildman–Crippen LogP) is 3.43. The summed E-state index contributed by atoms with van der Waals surface area (Å²) in [5.74, 6) is 0.281. The van der Waals surface area contributed by atoms with E-state index in [-0.39, 0.29) is 5.78 Å². The second kappa shape index (κ2) is 6.07. The van der Waals surface area contributed by atoms with Gasteiger partial charge in [0.2, 0.25) is 0 Å². The lowest BCUT2D eigenvalue weighted by atomic mass is 9.90. The minimum absolute atomic E-state index is 0.281. The number of nitrogens with one attached hydrogen (secondary N) is 1. The first-order valence-electron chi connectivity index (χ1n) is 6.45. The molecule has 0 saturated carbocycles. The molecule has 1 aliphatic rings. The SMILES string of the molecule is CC(C)(C)CCCCNC1=CC(=O)CCC1. The summed E-state index contributed by atoms with van der Waals surface area (Å²) in [5.41, 5.74) is 1.59. The van der Waals surface area contributed by atoms with E-state index in [2.05, 4.69) is 26.1 Å². The normalized spacial score (nSPS) is 17.2. The molecule has 1 N–H and O–H groups in total. The molecule has 0 aromatic carbocycles. The van der Waals surface area contributed by atoms with Gasteiger partial charge in [-0.2, -0.15) is 0 Å². The average molecular weight is 223 g/mol. The molecule has 0 heterocycles. The maximum absolute atomic E-state index is 11.2. The second-order valence-corrected chi connectivity index (χ2v) is 5.93. The Morgan fingerprint density at radius 3 is 2.62 bits per heavy atom.